The van der Waals surface area contributed by atoms with Gasteiger partial charge in [-0.05, 0) is 68.0 Å². The van der Waals surface area contributed by atoms with Gasteiger partial charge in [0.05, 0.1) is 23.3 Å². The zero-order valence-corrected chi connectivity index (χ0v) is 25.3. The summed E-state index contributed by atoms with van der Waals surface area (Å²) in [7, 11) is 0. The standard InChI is InChI=1S/C16H20N2O2.C14H16N2O.CH2Cl2/c1-4-20-16(19)15-11-14(10-12(2)3)18(17-15)13-8-6-5-7-9-13;1-11(2)8-14-9-12(10-17)15-16(14)13-6-4-3-5-7-13;2-1-3/h5-9,11-12H,4,10H2,1-3H3;3-7,9-11H,8H2,1-2H3;1H2. The summed E-state index contributed by atoms with van der Waals surface area (Å²) in [6.45, 7) is 10.8. The fourth-order valence-electron chi connectivity index (χ4n) is 3.94. The molecule has 0 saturated carbocycles. The van der Waals surface area contributed by atoms with Gasteiger partial charge in [-0.15, -0.1) is 23.2 Å². The molecule has 40 heavy (non-hydrogen) atoms. The number of aldehydes is 1. The number of halogens is 2. The maximum absolute atomic E-state index is 11.8. The van der Waals surface area contributed by atoms with Crippen LogP contribution in [0.3, 0.4) is 0 Å². The van der Waals surface area contributed by atoms with E-state index in [0.717, 1.165) is 41.9 Å². The molecule has 214 valence electrons. The lowest BCUT2D eigenvalue weighted by Gasteiger charge is -2.08. The highest BCUT2D eigenvalue weighted by Gasteiger charge is 2.17. The molecule has 0 bridgehead atoms. The van der Waals surface area contributed by atoms with E-state index in [1.54, 1.807) is 6.92 Å². The van der Waals surface area contributed by atoms with Gasteiger partial charge >= 0.3 is 5.97 Å². The summed E-state index contributed by atoms with van der Waals surface area (Å²) < 4.78 is 8.70. The largest absolute Gasteiger partial charge is 0.461 e. The van der Waals surface area contributed by atoms with Crippen LogP contribution in [0.15, 0.2) is 72.8 Å². The Labute approximate surface area is 247 Å². The molecule has 0 aliphatic heterocycles. The number of aromatic nitrogens is 4. The van der Waals surface area contributed by atoms with Crippen molar-refractivity contribution in [2.75, 3.05) is 11.9 Å². The van der Waals surface area contributed by atoms with E-state index in [9.17, 15) is 9.59 Å². The van der Waals surface area contributed by atoms with E-state index >= 15 is 0 Å². The van der Waals surface area contributed by atoms with Crippen LogP contribution < -0.4 is 0 Å². The van der Waals surface area contributed by atoms with E-state index in [-0.39, 0.29) is 11.3 Å². The van der Waals surface area contributed by atoms with Crippen LogP contribution in [0.25, 0.3) is 11.4 Å². The van der Waals surface area contributed by atoms with Gasteiger partial charge in [0.25, 0.3) is 0 Å². The molecule has 0 radical (unpaired) electrons. The maximum Gasteiger partial charge on any atom is 0.358 e. The summed E-state index contributed by atoms with van der Waals surface area (Å²) in [5.41, 5.74) is 4.91. The summed E-state index contributed by atoms with van der Waals surface area (Å²) in [5.74, 6) is 0.657. The summed E-state index contributed by atoms with van der Waals surface area (Å²) in [4.78, 5) is 22.6. The topological polar surface area (TPSA) is 79.0 Å². The van der Waals surface area contributed by atoms with Crippen molar-refractivity contribution in [2.24, 2.45) is 11.8 Å². The van der Waals surface area contributed by atoms with Gasteiger partial charge in [-0.1, -0.05) is 64.1 Å². The van der Waals surface area contributed by atoms with Gasteiger partial charge in [0.15, 0.2) is 12.0 Å². The van der Waals surface area contributed by atoms with E-state index < -0.39 is 0 Å². The van der Waals surface area contributed by atoms with Gasteiger partial charge < -0.3 is 4.74 Å². The Kier molecular flexibility index (Phi) is 14.2. The first-order valence-corrected chi connectivity index (χ1v) is 14.3. The molecule has 0 aliphatic carbocycles. The lowest BCUT2D eigenvalue weighted by molar-refractivity contribution is 0.0519. The van der Waals surface area contributed by atoms with Crippen molar-refractivity contribution in [3.05, 3.63) is 95.6 Å². The minimum atomic E-state index is -0.368. The highest BCUT2D eigenvalue weighted by molar-refractivity contribution is 6.40. The molecule has 0 amide bonds. The van der Waals surface area contributed by atoms with E-state index in [0.29, 0.717) is 29.8 Å². The van der Waals surface area contributed by atoms with E-state index in [1.165, 1.54) is 0 Å². The average Bonchev–Trinajstić information content (AvgIpc) is 3.54. The van der Waals surface area contributed by atoms with E-state index in [2.05, 4.69) is 37.9 Å². The highest BCUT2D eigenvalue weighted by Crippen LogP contribution is 2.17. The number of hydrogen-bond acceptors (Lipinski definition) is 5. The van der Waals surface area contributed by atoms with Gasteiger partial charge in [-0.2, -0.15) is 10.2 Å². The van der Waals surface area contributed by atoms with Gasteiger partial charge in [0.1, 0.15) is 5.69 Å². The highest BCUT2D eigenvalue weighted by atomic mass is 35.5. The predicted molar refractivity (Wildman–Crippen MR) is 162 cm³/mol. The zero-order valence-electron chi connectivity index (χ0n) is 23.8. The Balaban J connectivity index is 0.000000258. The molecule has 4 aromatic rings. The van der Waals surface area contributed by atoms with Crippen LogP contribution in [0.1, 0.15) is 67.0 Å². The quantitative estimate of drug-likeness (QED) is 0.115. The van der Waals surface area contributed by atoms with Crippen molar-refractivity contribution < 1.29 is 14.3 Å². The van der Waals surface area contributed by atoms with Crippen LogP contribution in [0.5, 0.6) is 0 Å². The number of esters is 1. The molecule has 0 saturated heterocycles. The average molecular weight is 586 g/mol. The van der Waals surface area contributed by atoms with Crippen LogP contribution in [0.4, 0.5) is 0 Å². The number of alkyl halides is 2. The fraction of sp³-hybridized carbons (Fsp3) is 0.355. The normalized spacial score (nSPS) is 10.4. The summed E-state index contributed by atoms with van der Waals surface area (Å²) in [6, 6.07) is 23.4. The summed E-state index contributed by atoms with van der Waals surface area (Å²) in [5, 5.41) is 8.89. The Morgan fingerprint density at radius 3 is 1.70 bits per heavy atom. The third kappa shape index (κ3) is 10.3. The Morgan fingerprint density at radius 2 is 1.27 bits per heavy atom. The fourth-order valence-corrected chi connectivity index (χ4v) is 3.94. The lowest BCUT2D eigenvalue weighted by Crippen LogP contribution is -2.07. The summed E-state index contributed by atoms with van der Waals surface area (Å²) >= 11 is 9.53. The molecule has 0 spiro atoms. The molecule has 2 aromatic heterocycles. The zero-order chi connectivity index (χ0) is 29.5. The first-order chi connectivity index (χ1) is 19.2. The molecule has 4 rings (SSSR count). The molecular formula is C31H38Cl2N4O3. The van der Waals surface area contributed by atoms with Crippen molar-refractivity contribution in [3.8, 4) is 11.4 Å². The number of ether oxygens (including phenoxy) is 1. The Bertz CT molecular complexity index is 1300. The number of rotatable bonds is 9. The second-order valence-corrected chi connectivity index (χ2v) is 10.5. The van der Waals surface area contributed by atoms with Gasteiger partial charge in [-0.25, -0.2) is 14.2 Å². The summed E-state index contributed by atoms with van der Waals surface area (Å²) in [6.07, 6.45) is 2.57. The van der Waals surface area contributed by atoms with Crippen molar-refractivity contribution in [3.63, 3.8) is 0 Å². The first-order valence-electron chi connectivity index (χ1n) is 13.3. The molecule has 7 nitrogen and oxygen atoms in total. The first kappa shape index (κ1) is 32.8. The second-order valence-electron chi connectivity index (χ2n) is 9.71. The Hall–Kier alpha value is -3.42. The van der Waals surface area contributed by atoms with Crippen molar-refractivity contribution in [1.82, 2.24) is 19.6 Å². The van der Waals surface area contributed by atoms with Crippen LogP contribution >= 0.6 is 23.2 Å². The molecule has 0 aliphatic rings. The number of benzene rings is 2. The van der Waals surface area contributed by atoms with Crippen molar-refractivity contribution >= 4 is 35.5 Å². The van der Waals surface area contributed by atoms with E-state index in [4.69, 9.17) is 27.9 Å². The molecule has 2 heterocycles. The molecule has 0 N–H and O–H groups in total. The molecule has 2 aromatic carbocycles. The van der Waals surface area contributed by atoms with Crippen LogP contribution in [-0.4, -0.2) is 43.8 Å². The third-order valence-electron chi connectivity index (χ3n) is 5.43. The maximum atomic E-state index is 11.8. The molecule has 9 heteroatoms. The number of hydrogen-bond donors (Lipinski definition) is 0. The minimum Gasteiger partial charge on any atom is -0.461 e. The monoisotopic (exact) mass is 584 g/mol. The molecular weight excluding hydrogens is 547 g/mol. The van der Waals surface area contributed by atoms with Crippen molar-refractivity contribution in [2.45, 2.75) is 47.5 Å². The van der Waals surface area contributed by atoms with Crippen LogP contribution in [-0.2, 0) is 17.6 Å². The molecule has 0 atom stereocenters. The minimum absolute atomic E-state index is 0.194. The Morgan fingerprint density at radius 1 is 0.825 bits per heavy atom. The second kappa shape index (κ2) is 17.3. The predicted octanol–water partition coefficient (Wildman–Crippen LogP) is 7.55. The van der Waals surface area contributed by atoms with Gasteiger partial charge in [-0.3, -0.25) is 4.79 Å². The number of nitrogens with zero attached hydrogens (tertiary/aromatic N) is 4. The number of carbonyl (C=O) groups excluding carboxylic acids is 2. The number of carbonyl (C=O) groups is 2. The van der Waals surface area contributed by atoms with E-state index in [1.807, 2.05) is 82.2 Å². The molecule has 0 unspecified atom stereocenters. The smallest absolute Gasteiger partial charge is 0.358 e. The van der Waals surface area contributed by atoms with Gasteiger partial charge in [0.2, 0.25) is 0 Å². The lowest BCUT2D eigenvalue weighted by atomic mass is 10.1. The van der Waals surface area contributed by atoms with Gasteiger partial charge in [0, 0.05) is 11.4 Å². The molecule has 0 fully saturated rings. The number of para-hydroxylation sites is 2. The SMILES string of the molecule is CC(C)Cc1cc(C=O)nn1-c1ccccc1.CCOC(=O)c1cc(CC(C)C)n(-c2ccccc2)n1.ClCCl. The third-order valence-corrected chi connectivity index (χ3v) is 5.43. The van der Waals surface area contributed by atoms with Crippen molar-refractivity contribution in [1.29, 1.82) is 0 Å². The van der Waals surface area contributed by atoms with Crippen LogP contribution in [0.2, 0.25) is 0 Å². The van der Waals surface area contributed by atoms with Crippen LogP contribution in [0, 0.1) is 11.8 Å².